The molecule has 0 spiro atoms. The summed E-state index contributed by atoms with van der Waals surface area (Å²) in [5.74, 6) is -0.551. The molecule has 1 heterocycles. The Morgan fingerprint density at radius 3 is 2.68 bits per heavy atom. The topological polar surface area (TPSA) is 103 Å². The highest BCUT2D eigenvalue weighted by Crippen LogP contribution is 2.25. The van der Waals surface area contributed by atoms with Gasteiger partial charge in [-0.15, -0.1) is 0 Å². The first-order chi connectivity index (χ1) is 8.77. The molecule has 1 amide bonds. The molecule has 7 nitrogen and oxygen atoms in total. The lowest BCUT2D eigenvalue weighted by Gasteiger charge is -2.15. The van der Waals surface area contributed by atoms with Crippen molar-refractivity contribution < 1.29 is 22.4 Å². The van der Waals surface area contributed by atoms with Crippen LogP contribution in [0.5, 0.6) is 0 Å². The summed E-state index contributed by atoms with van der Waals surface area (Å²) in [6.45, 7) is 3.17. The molecule has 1 rings (SSSR count). The van der Waals surface area contributed by atoms with Crippen molar-refractivity contribution in [2.24, 2.45) is 5.14 Å². The predicted octanol–water partition coefficient (Wildman–Crippen LogP) is 0.798. The van der Waals surface area contributed by atoms with Gasteiger partial charge in [0.1, 0.15) is 4.90 Å². The maximum absolute atomic E-state index is 12.0. The largest absolute Gasteiger partial charge is 0.443 e. The standard InChI is InChI=1S/C10H15BrN2O5S/c1-3-17-5-4-13(2)10(14)7-6-8(9(11)18-7)19(12,15)16/h6H,3-5H2,1-2H3,(H2,12,15,16). The molecule has 0 atom stereocenters. The Morgan fingerprint density at radius 1 is 1.58 bits per heavy atom. The number of ether oxygens (including phenoxy) is 1. The van der Waals surface area contributed by atoms with Crippen LogP contribution in [0.1, 0.15) is 17.5 Å². The van der Waals surface area contributed by atoms with Crippen LogP contribution in [0, 0.1) is 0 Å². The number of hydrogen-bond donors (Lipinski definition) is 1. The first kappa shape index (κ1) is 16.2. The van der Waals surface area contributed by atoms with Crippen molar-refractivity contribution in [1.29, 1.82) is 0 Å². The van der Waals surface area contributed by atoms with Crippen LogP contribution in [-0.2, 0) is 14.8 Å². The lowest BCUT2D eigenvalue weighted by molar-refractivity contribution is 0.0679. The van der Waals surface area contributed by atoms with Gasteiger partial charge in [-0.1, -0.05) is 0 Å². The van der Waals surface area contributed by atoms with E-state index in [0.717, 1.165) is 6.07 Å². The van der Waals surface area contributed by atoms with Gasteiger partial charge in [-0.3, -0.25) is 4.79 Å². The number of nitrogens with two attached hydrogens (primary N) is 1. The third-order valence-electron chi connectivity index (χ3n) is 2.29. The van der Waals surface area contributed by atoms with Crippen molar-refractivity contribution in [3.05, 3.63) is 16.5 Å². The second kappa shape index (κ2) is 6.51. The number of primary sulfonamides is 1. The monoisotopic (exact) mass is 354 g/mol. The van der Waals surface area contributed by atoms with Crippen molar-refractivity contribution in [2.45, 2.75) is 11.8 Å². The van der Waals surface area contributed by atoms with Crippen molar-refractivity contribution >= 4 is 31.9 Å². The van der Waals surface area contributed by atoms with Crippen LogP contribution in [0.4, 0.5) is 0 Å². The number of carbonyl (C=O) groups excluding carboxylic acids is 1. The van der Waals surface area contributed by atoms with Gasteiger partial charge in [0.15, 0.2) is 10.4 Å². The van der Waals surface area contributed by atoms with E-state index in [1.54, 1.807) is 7.05 Å². The molecule has 0 aliphatic rings. The normalized spacial score (nSPS) is 11.6. The second-order valence-electron chi connectivity index (χ2n) is 3.72. The van der Waals surface area contributed by atoms with Crippen LogP contribution < -0.4 is 5.14 Å². The predicted molar refractivity (Wildman–Crippen MR) is 71.2 cm³/mol. The molecule has 0 aromatic carbocycles. The fourth-order valence-corrected chi connectivity index (χ4v) is 2.79. The SMILES string of the molecule is CCOCCN(C)C(=O)c1cc(S(N)(=O)=O)c(Br)o1. The van der Waals surface area contributed by atoms with Crippen LogP contribution in [-0.4, -0.2) is 46.0 Å². The highest BCUT2D eigenvalue weighted by molar-refractivity contribution is 9.10. The maximum Gasteiger partial charge on any atom is 0.289 e. The van der Waals surface area contributed by atoms with Gasteiger partial charge in [0.25, 0.3) is 5.91 Å². The molecule has 0 aliphatic carbocycles. The lowest BCUT2D eigenvalue weighted by Crippen LogP contribution is -2.29. The zero-order chi connectivity index (χ0) is 14.6. The van der Waals surface area contributed by atoms with Gasteiger partial charge in [-0.25, -0.2) is 13.6 Å². The molecule has 19 heavy (non-hydrogen) atoms. The van der Waals surface area contributed by atoms with E-state index >= 15 is 0 Å². The third kappa shape index (κ3) is 4.30. The average Bonchev–Trinajstić information content (AvgIpc) is 2.70. The minimum Gasteiger partial charge on any atom is -0.443 e. The highest BCUT2D eigenvalue weighted by atomic mass is 79.9. The van der Waals surface area contributed by atoms with E-state index in [1.165, 1.54) is 4.90 Å². The molecular weight excluding hydrogens is 340 g/mol. The highest BCUT2D eigenvalue weighted by Gasteiger charge is 2.23. The van der Waals surface area contributed by atoms with E-state index in [4.69, 9.17) is 14.3 Å². The van der Waals surface area contributed by atoms with Gasteiger partial charge >= 0.3 is 0 Å². The zero-order valence-electron chi connectivity index (χ0n) is 10.6. The summed E-state index contributed by atoms with van der Waals surface area (Å²) in [7, 11) is -2.36. The molecule has 1 aromatic rings. The van der Waals surface area contributed by atoms with Crippen molar-refractivity contribution in [1.82, 2.24) is 4.90 Å². The van der Waals surface area contributed by atoms with Crippen molar-refractivity contribution in [3.63, 3.8) is 0 Å². The van der Waals surface area contributed by atoms with Crippen LogP contribution >= 0.6 is 15.9 Å². The first-order valence-corrected chi connectivity index (χ1v) is 7.76. The average molecular weight is 355 g/mol. The Bertz CT molecular complexity index is 554. The van der Waals surface area contributed by atoms with Crippen molar-refractivity contribution in [3.8, 4) is 0 Å². The number of halogens is 1. The van der Waals surface area contributed by atoms with Gasteiger partial charge in [0.2, 0.25) is 10.0 Å². The van der Waals surface area contributed by atoms with E-state index < -0.39 is 15.9 Å². The molecule has 0 saturated carbocycles. The number of rotatable bonds is 6. The van der Waals surface area contributed by atoms with Crippen LogP contribution in [0.15, 0.2) is 20.0 Å². The molecule has 0 saturated heterocycles. The number of carbonyl (C=O) groups is 1. The molecule has 0 radical (unpaired) electrons. The number of hydrogen-bond acceptors (Lipinski definition) is 5. The summed E-state index contributed by atoms with van der Waals surface area (Å²) in [5, 5.41) is 4.98. The molecule has 2 N–H and O–H groups in total. The molecule has 0 aliphatic heterocycles. The van der Waals surface area contributed by atoms with Gasteiger partial charge in [0, 0.05) is 26.3 Å². The van der Waals surface area contributed by atoms with E-state index in [9.17, 15) is 13.2 Å². The molecule has 9 heteroatoms. The fraction of sp³-hybridized carbons (Fsp3) is 0.500. The van der Waals surface area contributed by atoms with Gasteiger partial charge in [-0.05, 0) is 22.9 Å². The Balaban J connectivity index is 2.84. The summed E-state index contributed by atoms with van der Waals surface area (Å²) in [6, 6.07) is 1.10. The summed E-state index contributed by atoms with van der Waals surface area (Å²) in [4.78, 5) is 13.1. The number of furan rings is 1. The van der Waals surface area contributed by atoms with E-state index in [-0.39, 0.29) is 15.3 Å². The van der Waals surface area contributed by atoms with Gasteiger partial charge in [0.05, 0.1) is 6.61 Å². The smallest absolute Gasteiger partial charge is 0.289 e. The third-order valence-corrected chi connectivity index (χ3v) is 4.06. The quantitative estimate of drug-likeness (QED) is 0.761. The molecule has 0 bridgehead atoms. The minimum atomic E-state index is -3.93. The van der Waals surface area contributed by atoms with Gasteiger partial charge in [-0.2, -0.15) is 0 Å². The number of nitrogens with zero attached hydrogens (tertiary/aromatic N) is 1. The molecular formula is C10H15BrN2O5S. The van der Waals surface area contributed by atoms with Crippen LogP contribution in [0.25, 0.3) is 0 Å². The summed E-state index contributed by atoms with van der Waals surface area (Å²) in [6.07, 6.45) is 0. The Kier molecular flexibility index (Phi) is 5.53. The Labute approximate surface area is 119 Å². The molecule has 1 aromatic heterocycles. The first-order valence-electron chi connectivity index (χ1n) is 5.42. The summed E-state index contributed by atoms with van der Waals surface area (Å²) in [5.41, 5.74) is 0. The number of amides is 1. The zero-order valence-corrected chi connectivity index (χ0v) is 13.0. The van der Waals surface area contributed by atoms with E-state index in [0.29, 0.717) is 19.8 Å². The fourth-order valence-electron chi connectivity index (χ4n) is 1.29. The number of sulfonamides is 1. The van der Waals surface area contributed by atoms with Crippen LogP contribution in [0.3, 0.4) is 0 Å². The Morgan fingerprint density at radius 2 is 2.21 bits per heavy atom. The lowest BCUT2D eigenvalue weighted by atomic mass is 10.4. The van der Waals surface area contributed by atoms with E-state index in [2.05, 4.69) is 15.9 Å². The van der Waals surface area contributed by atoms with Crippen LogP contribution in [0.2, 0.25) is 0 Å². The molecule has 108 valence electrons. The van der Waals surface area contributed by atoms with Gasteiger partial charge < -0.3 is 14.1 Å². The second-order valence-corrected chi connectivity index (χ2v) is 5.97. The van der Waals surface area contributed by atoms with E-state index in [1.807, 2.05) is 6.92 Å². The summed E-state index contributed by atoms with van der Waals surface area (Å²) < 4.78 is 32.5. The Hall–Kier alpha value is -0.900. The minimum absolute atomic E-state index is 0.0865. The molecule has 0 fully saturated rings. The molecule has 0 unspecified atom stereocenters. The maximum atomic E-state index is 12.0. The summed E-state index contributed by atoms with van der Waals surface area (Å²) >= 11 is 2.91. The van der Waals surface area contributed by atoms with Crippen molar-refractivity contribution in [2.75, 3.05) is 26.8 Å². The number of likely N-dealkylation sites (N-methyl/N-ethyl adjacent to an activating group) is 1.